The number of hydrogen-bond acceptors (Lipinski definition) is 6. The number of benzene rings is 1. The molecule has 1 fully saturated rings. The number of piperazine rings is 1. The van der Waals surface area contributed by atoms with Crippen LogP contribution in [0.3, 0.4) is 0 Å². The van der Waals surface area contributed by atoms with Crippen molar-refractivity contribution in [3.05, 3.63) is 40.3 Å². The van der Waals surface area contributed by atoms with Gasteiger partial charge in [0.2, 0.25) is 5.91 Å². The third-order valence-corrected chi connectivity index (χ3v) is 5.60. The average Bonchev–Trinajstić information content (AvgIpc) is 2.70. The molecule has 0 spiro atoms. The van der Waals surface area contributed by atoms with Crippen LogP contribution in [0.15, 0.2) is 18.2 Å². The first-order chi connectivity index (χ1) is 14.3. The molecule has 8 heteroatoms. The van der Waals surface area contributed by atoms with Gasteiger partial charge in [0.15, 0.2) is 0 Å². The van der Waals surface area contributed by atoms with E-state index in [2.05, 4.69) is 33.9 Å². The maximum absolute atomic E-state index is 12.6. The second-order valence-corrected chi connectivity index (χ2v) is 8.40. The number of aromatic nitrogens is 2. The number of nitrogens with one attached hydrogen (secondary N) is 1. The lowest BCUT2D eigenvalue weighted by Crippen LogP contribution is -2.49. The molecule has 0 atom stereocenters. The summed E-state index contributed by atoms with van der Waals surface area (Å²) in [7, 11) is 1.56. The number of carbonyl (C=O) groups is 1. The second-order valence-electron chi connectivity index (χ2n) is 7.99. The first-order valence-electron chi connectivity index (χ1n) is 10.2. The zero-order valence-electron chi connectivity index (χ0n) is 18.3. The molecule has 0 aliphatic carbocycles. The summed E-state index contributed by atoms with van der Waals surface area (Å²) in [6, 6.07) is 5.59. The third kappa shape index (κ3) is 5.40. The van der Waals surface area contributed by atoms with E-state index < -0.39 is 0 Å². The molecule has 7 nitrogen and oxygen atoms in total. The molecule has 2 heterocycles. The number of ether oxygens (including phenoxy) is 1. The van der Waals surface area contributed by atoms with Crippen LogP contribution in [0.5, 0.6) is 5.75 Å². The molecule has 2 aromatic rings. The molecule has 1 saturated heterocycles. The fourth-order valence-corrected chi connectivity index (χ4v) is 3.61. The number of amides is 1. The van der Waals surface area contributed by atoms with Crippen molar-refractivity contribution in [2.24, 2.45) is 0 Å². The summed E-state index contributed by atoms with van der Waals surface area (Å²) in [6.07, 6.45) is 0. The summed E-state index contributed by atoms with van der Waals surface area (Å²) < 4.78 is 5.34. The highest BCUT2D eigenvalue weighted by Gasteiger charge is 2.21. The molecule has 1 aliphatic rings. The predicted octanol–water partition coefficient (Wildman–Crippen LogP) is 3.64. The molecule has 3 rings (SSSR count). The first-order valence-corrected chi connectivity index (χ1v) is 10.6. The summed E-state index contributed by atoms with van der Waals surface area (Å²) in [5, 5.41) is 3.56. The van der Waals surface area contributed by atoms with Crippen LogP contribution in [-0.2, 0) is 4.79 Å². The molecule has 0 unspecified atom stereocenters. The predicted molar refractivity (Wildman–Crippen MR) is 121 cm³/mol. The number of hydrogen-bond donors (Lipinski definition) is 1. The lowest BCUT2D eigenvalue weighted by Gasteiger charge is -2.35. The van der Waals surface area contributed by atoms with Crippen LogP contribution in [0.1, 0.15) is 36.8 Å². The Morgan fingerprint density at radius 3 is 2.50 bits per heavy atom. The standard InChI is InChI=1S/C22H30ClN5O2/c1-14(2)22-24-16(4)11-20(26-22)28-8-6-27(7-9-28)13-21(29)25-18-10-15(3)17(23)12-19(18)30-5/h10-12,14H,6-9,13H2,1-5H3,(H,25,29). The fraction of sp³-hybridized carbons (Fsp3) is 0.500. The van der Waals surface area contributed by atoms with Gasteiger partial charge < -0.3 is 15.0 Å². The number of aryl methyl sites for hydroxylation is 2. The van der Waals surface area contributed by atoms with Crippen molar-refractivity contribution in [3.63, 3.8) is 0 Å². The highest BCUT2D eigenvalue weighted by Crippen LogP contribution is 2.31. The van der Waals surface area contributed by atoms with Gasteiger partial charge in [0.05, 0.1) is 19.3 Å². The zero-order chi connectivity index (χ0) is 21.8. The minimum absolute atomic E-state index is 0.0663. The van der Waals surface area contributed by atoms with E-state index in [0.717, 1.165) is 49.1 Å². The van der Waals surface area contributed by atoms with Crippen molar-refractivity contribution in [3.8, 4) is 5.75 Å². The number of methoxy groups -OCH3 is 1. The summed E-state index contributed by atoms with van der Waals surface area (Å²) in [4.78, 5) is 26.3. The SMILES string of the molecule is COc1cc(Cl)c(C)cc1NC(=O)CN1CCN(c2cc(C)nc(C(C)C)n2)CC1. The Hall–Kier alpha value is -2.38. The van der Waals surface area contributed by atoms with E-state index in [1.807, 2.05) is 26.0 Å². The van der Waals surface area contributed by atoms with Gasteiger partial charge in [0.1, 0.15) is 17.4 Å². The van der Waals surface area contributed by atoms with Crippen molar-refractivity contribution in [2.75, 3.05) is 50.1 Å². The van der Waals surface area contributed by atoms with Gasteiger partial charge in [0.25, 0.3) is 0 Å². The van der Waals surface area contributed by atoms with Crippen LogP contribution in [0.25, 0.3) is 0 Å². The monoisotopic (exact) mass is 431 g/mol. The van der Waals surface area contributed by atoms with Gasteiger partial charge in [-0.05, 0) is 25.5 Å². The van der Waals surface area contributed by atoms with Crippen LogP contribution in [0.2, 0.25) is 5.02 Å². The molecule has 162 valence electrons. The average molecular weight is 432 g/mol. The van der Waals surface area contributed by atoms with E-state index in [4.69, 9.17) is 21.3 Å². The van der Waals surface area contributed by atoms with E-state index in [1.54, 1.807) is 13.2 Å². The van der Waals surface area contributed by atoms with Gasteiger partial charge in [-0.1, -0.05) is 25.4 Å². The lowest BCUT2D eigenvalue weighted by molar-refractivity contribution is -0.117. The van der Waals surface area contributed by atoms with Crippen molar-refractivity contribution in [1.82, 2.24) is 14.9 Å². The first kappa shape index (κ1) is 22.3. The van der Waals surface area contributed by atoms with Crippen molar-refractivity contribution in [2.45, 2.75) is 33.6 Å². The summed E-state index contributed by atoms with van der Waals surface area (Å²) in [5.74, 6) is 2.63. The van der Waals surface area contributed by atoms with Crippen molar-refractivity contribution < 1.29 is 9.53 Å². The number of halogens is 1. The van der Waals surface area contributed by atoms with Crippen molar-refractivity contribution >= 4 is 29.0 Å². The van der Waals surface area contributed by atoms with Crippen LogP contribution in [0.4, 0.5) is 11.5 Å². The lowest BCUT2D eigenvalue weighted by atomic mass is 10.2. The Labute approximate surface area is 183 Å². The topological polar surface area (TPSA) is 70.6 Å². The molecule has 1 amide bonds. The largest absolute Gasteiger partial charge is 0.495 e. The van der Waals surface area contributed by atoms with E-state index in [0.29, 0.717) is 28.9 Å². The van der Waals surface area contributed by atoms with E-state index in [1.165, 1.54) is 0 Å². The van der Waals surface area contributed by atoms with Gasteiger partial charge in [-0.3, -0.25) is 9.69 Å². The highest BCUT2D eigenvalue weighted by atomic mass is 35.5. The van der Waals surface area contributed by atoms with Gasteiger partial charge in [-0.25, -0.2) is 9.97 Å². The highest BCUT2D eigenvalue weighted by molar-refractivity contribution is 6.31. The normalized spacial score (nSPS) is 14.8. The molecular weight excluding hydrogens is 402 g/mol. The summed E-state index contributed by atoms with van der Waals surface area (Å²) in [5.41, 5.74) is 2.51. The zero-order valence-corrected chi connectivity index (χ0v) is 19.1. The Morgan fingerprint density at radius 2 is 1.87 bits per heavy atom. The van der Waals surface area contributed by atoms with Crippen LogP contribution < -0.4 is 15.0 Å². The van der Waals surface area contributed by atoms with Gasteiger partial charge >= 0.3 is 0 Å². The Bertz CT molecular complexity index is 911. The molecule has 0 bridgehead atoms. The number of nitrogens with zero attached hydrogens (tertiary/aromatic N) is 4. The molecular formula is C22H30ClN5O2. The maximum atomic E-state index is 12.6. The molecule has 1 aromatic carbocycles. The van der Waals surface area contributed by atoms with Crippen molar-refractivity contribution in [1.29, 1.82) is 0 Å². The summed E-state index contributed by atoms with van der Waals surface area (Å²) in [6.45, 7) is 11.7. The summed E-state index contributed by atoms with van der Waals surface area (Å²) >= 11 is 6.14. The number of anilines is 2. The smallest absolute Gasteiger partial charge is 0.238 e. The van der Waals surface area contributed by atoms with E-state index in [9.17, 15) is 4.79 Å². The number of rotatable bonds is 6. The Morgan fingerprint density at radius 1 is 1.17 bits per heavy atom. The van der Waals surface area contributed by atoms with Crippen LogP contribution >= 0.6 is 11.6 Å². The second kappa shape index (κ2) is 9.62. The van der Waals surface area contributed by atoms with Gasteiger partial charge in [-0.15, -0.1) is 0 Å². The number of carbonyl (C=O) groups excluding carboxylic acids is 1. The molecule has 1 aromatic heterocycles. The maximum Gasteiger partial charge on any atom is 0.238 e. The fourth-order valence-electron chi connectivity index (χ4n) is 3.45. The minimum atomic E-state index is -0.0663. The van der Waals surface area contributed by atoms with E-state index in [-0.39, 0.29) is 5.91 Å². The quantitative estimate of drug-likeness (QED) is 0.752. The molecule has 1 N–H and O–H groups in total. The van der Waals surface area contributed by atoms with E-state index >= 15 is 0 Å². The van der Waals surface area contributed by atoms with Gasteiger partial charge in [0, 0.05) is 54.9 Å². The Kier molecular flexibility index (Phi) is 7.15. The molecule has 0 saturated carbocycles. The Balaban J connectivity index is 1.57. The molecule has 1 aliphatic heterocycles. The van der Waals surface area contributed by atoms with Crippen LogP contribution in [0, 0.1) is 13.8 Å². The minimum Gasteiger partial charge on any atom is -0.495 e. The van der Waals surface area contributed by atoms with Gasteiger partial charge in [-0.2, -0.15) is 0 Å². The molecule has 30 heavy (non-hydrogen) atoms. The molecule has 0 radical (unpaired) electrons. The van der Waals surface area contributed by atoms with Crippen LogP contribution in [-0.4, -0.2) is 60.6 Å². The third-order valence-electron chi connectivity index (χ3n) is 5.19.